The highest BCUT2D eigenvalue weighted by Gasteiger charge is 2.18. The van der Waals surface area contributed by atoms with E-state index in [1.807, 2.05) is 13.0 Å². The van der Waals surface area contributed by atoms with E-state index in [0.717, 1.165) is 18.5 Å². The predicted molar refractivity (Wildman–Crippen MR) is 82.8 cm³/mol. The van der Waals surface area contributed by atoms with Crippen molar-refractivity contribution in [3.63, 3.8) is 0 Å². The SMILES string of the molecule is CCCC(Nc1ccc(C)c(I)c1)C(=O)OCC. The highest BCUT2D eigenvalue weighted by Crippen LogP contribution is 2.19. The number of ether oxygens (including phenoxy) is 1. The van der Waals surface area contributed by atoms with Crippen molar-refractivity contribution in [1.82, 2.24) is 0 Å². The van der Waals surface area contributed by atoms with E-state index < -0.39 is 0 Å². The van der Waals surface area contributed by atoms with Gasteiger partial charge in [-0.25, -0.2) is 4.79 Å². The van der Waals surface area contributed by atoms with Crippen LogP contribution in [0.3, 0.4) is 0 Å². The van der Waals surface area contributed by atoms with Crippen molar-refractivity contribution in [2.75, 3.05) is 11.9 Å². The van der Waals surface area contributed by atoms with Crippen LogP contribution in [0.15, 0.2) is 18.2 Å². The molecule has 0 heterocycles. The van der Waals surface area contributed by atoms with E-state index in [1.54, 1.807) is 0 Å². The second-order valence-corrected chi connectivity index (χ2v) is 5.36. The molecule has 0 aromatic heterocycles. The molecule has 0 saturated heterocycles. The largest absolute Gasteiger partial charge is 0.464 e. The summed E-state index contributed by atoms with van der Waals surface area (Å²) in [7, 11) is 0. The first kappa shape index (κ1) is 15.3. The zero-order valence-corrected chi connectivity index (χ0v) is 13.3. The molecule has 0 aliphatic heterocycles. The third-order valence-electron chi connectivity index (χ3n) is 2.66. The Labute approximate surface area is 122 Å². The third-order valence-corrected chi connectivity index (χ3v) is 3.82. The van der Waals surface area contributed by atoms with Gasteiger partial charge in [-0.3, -0.25) is 0 Å². The van der Waals surface area contributed by atoms with E-state index in [9.17, 15) is 4.79 Å². The Morgan fingerprint density at radius 1 is 1.44 bits per heavy atom. The summed E-state index contributed by atoms with van der Waals surface area (Å²) in [5.74, 6) is -0.171. The normalized spacial score (nSPS) is 12.0. The summed E-state index contributed by atoms with van der Waals surface area (Å²) in [5, 5.41) is 3.25. The summed E-state index contributed by atoms with van der Waals surface area (Å²) in [4.78, 5) is 11.8. The van der Waals surface area contributed by atoms with Gasteiger partial charge in [0.1, 0.15) is 6.04 Å². The number of anilines is 1. The Morgan fingerprint density at radius 2 is 2.17 bits per heavy atom. The molecule has 1 rings (SSSR count). The summed E-state index contributed by atoms with van der Waals surface area (Å²) >= 11 is 2.30. The first-order valence-corrected chi connectivity index (χ1v) is 7.35. The number of hydrogen-bond acceptors (Lipinski definition) is 3. The van der Waals surface area contributed by atoms with Crippen LogP contribution in [0.5, 0.6) is 0 Å². The maximum absolute atomic E-state index is 11.8. The Bertz CT molecular complexity index is 407. The molecule has 0 amide bonds. The van der Waals surface area contributed by atoms with Crippen molar-refractivity contribution in [2.24, 2.45) is 0 Å². The second kappa shape index (κ2) is 7.61. The molecule has 1 atom stereocenters. The molecule has 1 aromatic rings. The zero-order chi connectivity index (χ0) is 13.5. The van der Waals surface area contributed by atoms with Gasteiger partial charge in [-0.05, 0) is 60.6 Å². The molecule has 3 nitrogen and oxygen atoms in total. The molecule has 1 aromatic carbocycles. The van der Waals surface area contributed by atoms with Gasteiger partial charge < -0.3 is 10.1 Å². The van der Waals surface area contributed by atoms with Crippen LogP contribution in [0.2, 0.25) is 0 Å². The molecule has 1 unspecified atom stereocenters. The van der Waals surface area contributed by atoms with E-state index in [1.165, 1.54) is 9.13 Å². The van der Waals surface area contributed by atoms with Gasteiger partial charge in [0.25, 0.3) is 0 Å². The number of esters is 1. The van der Waals surface area contributed by atoms with Gasteiger partial charge in [0.15, 0.2) is 0 Å². The minimum Gasteiger partial charge on any atom is -0.464 e. The van der Waals surface area contributed by atoms with Crippen molar-refractivity contribution >= 4 is 34.2 Å². The van der Waals surface area contributed by atoms with Crippen LogP contribution in [-0.2, 0) is 9.53 Å². The standard InChI is InChI=1S/C14H20INO2/c1-4-6-13(14(17)18-5-2)16-11-8-7-10(3)12(15)9-11/h7-9,13,16H,4-6H2,1-3H3. The summed E-state index contributed by atoms with van der Waals surface area (Å²) in [6.07, 6.45) is 1.72. The number of hydrogen-bond donors (Lipinski definition) is 1. The topological polar surface area (TPSA) is 38.3 Å². The van der Waals surface area contributed by atoms with Gasteiger partial charge in [-0.15, -0.1) is 0 Å². The first-order valence-electron chi connectivity index (χ1n) is 6.27. The third kappa shape index (κ3) is 4.48. The monoisotopic (exact) mass is 361 g/mol. The van der Waals surface area contributed by atoms with Gasteiger partial charge in [-0.1, -0.05) is 19.4 Å². The summed E-state index contributed by atoms with van der Waals surface area (Å²) in [6.45, 7) is 6.38. The highest BCUT2D eigenvalue weighted by molar-refractivity contribution is 14.1. The molecule has 0 radical (unpaired) electrons. The molecule has 100 valence electrons. The molecule has 0 aliphatic rings. The second-order valence-electron chi connectivity index (χ2n) is 4.20. The Kier molecular flexibility index (Phi) is 6.46. The van der Waals surface area contributed by atoms with Crippen molar-refractivity contribution in [3.05, 3.63) is 27.3 Å². The van der Waals surface area contributed by atoms with E-state index in [0.29, 0.717) is 6.61 Å². The van der Waals surface area contributed by atoms with Crippen LogP contribution < -0.4 is 5.32 Å². The van der Waals surface area contributed by atoms with Gasteiger partial charge >= 0.3 is 5.97 Å². The minimum absolute atomic E-state index is 0.171. The fourth-order valence-corrected chi connectivity index (χ4v) is 2.18. The number of rotatable bonds is 6. The lowest BCUT2D eigenvalue weighted by molar-refractivity contribution is -0.144. The molecule has 4 heteroatoms. The molecule has 0 aliphatic carbocycles. The van der Waals surface area contributed by atoms with Gasteiger partial charge in [-0.2, -0.15) is 0 Å². The van der Waals surface area contributed by atoms with Crippen LogP contribution in [-0.4, -0.2) is 18.6 Å². The average Bonchev–Trinajstić information content (AvgIpc) is 2.33. The average molecular weight is 361 g/mol. The number of nitrogens with one attached hydrogen (secondary N) is 1. The lowest BCUT2D eigenvalue weighted by atomic mass is 10.1. The fraction of sp³-hybridized carbons (Fsp3) is 0.500. The molecule has 1 N–H and O–H groups in total. The van der Waals surface area contributed by atoms with E-state index >= 15 is 0 Å². The molecule has 18 heavy (non-hydrogen) atoms. The molecular formula is C14H20INO2. The predicted octanol–water partition coefficient (Wildman–Crippen LogP) is 3.74. The highest BCUT2D eigenvalue weighted by atomic mass is 127. The molecule has 0 saturated carbocycles. The number of aryl methyl sites for hydroxylation is 1. The lowest BCUT2D eigenvalue weighted by Gasteiger charge is -2.18. The van der Waals surface area contributed by atoms with Crippen LogP contribution in [0.1, 0.15) is 32.3 Å². The van der Waals surface area contributed by atoms with Crippen molar-refractivity contribution < 1.29 is 9.53 Å². The Balaban J connectivity index is 2.76. The van der Waals surface area contributed by atoms with Gasteiger partial charge in [0.05, 0.1) is 6.61 Å². The molecule has 0 bridgehead atoms. The smallest absolute Gasteiger partial charge is 0.328 e. The van der Waals surface area contributed by atoms with Crippen LogP contribution >= 0.6 is 22.6 Å². The van der Waals surface area contributed by atoms with E-state index in [4.69, 9.17) is 4.74 Å². The van der Waals surface area contributed by atoms with Crippen LogP contribution in [0, 0.1) is 10.5 Å². The van der Waals surface area contributed by atoms with E-state index in [-0.39, 0.29) is 12.0 Å². The number of halogens is 1. The van der Waals surface area contributed by atoms with Crippen molar-refractivity contribution in [1.29, 1.82) is 0 Å². The molecule has 0 fully saturated rings. The lowest BCUT2D eigenvalue weighted by Crippen LogP contribution is -2.31. The quantitative estimate of drug-likeness (QED) is 0.620. The Hall–Kier alpha value is -0.780. The fourth-order valence-electron chi connectivity index (χ4n) is 1.66. The number of carbonyl (C=O) groups excluding carboxylic acids is 1. The summed E-state index contributed by atoms with van der Waals surface area (Å²) in [6, 6.07) is 5.85. The molecule has 0 spiro atoms. The van der Waals surface area contributed by atoms with Gasteiger partial charge in [0.2, 0.25) is 0 Å². The van der Waals surface area contributed by atoms with Gasteiger partial charge in [0, 0.05) is 9.26 Å². The maximum atomic E-state index is 11.8. The minimum atomic E-state index is -0.256. The molecular weight excluding hydrogens is 341 g/mol. The zero-order valence-electron chi connectivity index (χ0n) is 11.1. The first-order chi connectivity index (χ1) is 8.58. The van der Waals surface area contributed by atoms with Crippen LogP contribution in [0.25, 0.3) is 0 Å². The van der Waals surface area contributed by atoms with E-state index in [2.05, 4.69) is 53.9 Å². The van der Waals surface area contributed by atoms with Crippen molar-refractivity contribution in [3.8, 4) is 0 Å². The summed E-state index contributed by atoms with van der Waals surface area (Å²) in [5.41, 5.74) is 2.21. The summed E-state index contributed by atoms with van der Waals surface area (Å²) < 4.78 is 6.27. The maximum Gasteiger partial charge on any atom is 0.328 e. The number of carbonyl (C=O) groups is 1. The number of benzene rings is 1. The van der Waals surface area contributed by atoms with Crippen molar-refractivity contribution in [2.45, 2.75) is 39.7 Å². The Morgan fingerprint density at radius 3 is 2.72 bits per heavy atom. The van der Waals surface area contributed by atoms with Crippen LogP contribution in [0.4, 0.5) is 5.69 Å².